The summed E-state index contributed by atoms with van der Waals surface area (Å²) in [7, 11) is 0. The van der Waals surface area contributed by atoms with E-state index >= 15 is 0 Å². The van der Waals surface area contributed by atoms with Crippen molar-refractivity contribution in [1.29, 1.82) is 0 Å². The smallest absolute Gasteiger partial charge is 0.253 e. The monoisotopic (exact) mass is 447 g/mol. The van der Waals surface area contributed by atoms with Crippen molar-refractivity contribution in [2.45, 2.75) is 45.1 Å². The number of carbonyl (C=O) groups excluding carboxylic acids is 2. The summed E-state index contributed by atoms with van der Waals surface area (Å²) >= 11 is 0. The molecule has 0 radical (unpaired) electrons. The molecule has 2 amide bonds. The summed E-state index contributed by atoms with van der Waals surface area (Å²) in [6, 6.07) is 15.7. The van der Waals surface area contributed by atoms with Crippen molar-refractivity contribution in [2.75, 3.05) is 31.5 Å². The van der Waals surface area contributed by atoms with Gasteiger partial charge < -0.3 is 20.9 Å². The summed E-state index contributed by atoms with van der Waals surface area (Å²) in [4.78, 5) is 31.4. The molecule has 1 fully saturated rings. The molecule has 0 aliphatic carbocycles. The molecule has 7 heteroatoms. The summed E-state index contributed by atoms with van der Waals surface area (Å²) in [5.74, 6) is 0.978. The molecule has 2 aliphatic heterocycles. The van der Waals surface area contributed by atoms with E-state index in [1.54, 1.807) is 0 Å². The van der Waals surface area contributed by atoms with Gasteiger partial charge in [-0.15, -0.1) is 0 Å². The SMILES string of the molecule is CCNC(=NCc1ccc(C(=O)N2CCCCC2)cc1)NCC1CC(=O)Nc2ccccc21. The lowest BCUT2D eigenvalue weighted by molar-refractivity contribution is -0.116. The van der Waals surface area contributed by atoms with E-state index in [0.717, 1.165) is 60.8 Å². The molecule has 33 heavy (non-hydrogen) atoms. The van der Waals surface area contributed by atoms with E-state index in [2.05, 4.69) is 22.0 Å². The molecule has 174 valence electrons. The molecule has 7 nitrogen and oxygen atoms in total. The molecule has 2 heterocycles. The van der Waals surface area contributed by atoms with Crippen molar-refractivity contribution in [3.05, 3.63) is 65.2 Å². The van der Waals surface area contributed by atoms with Gasteiger partial charge in [-0.25, -0.2) is 4.99 Å². The van der Waals surface area contributed by atoms with Crippen molar-refractivity contribution >= 4 is 23.5 Å². The third-order valence-corrected chi connectivity index (χ3v) is 6.23. The van der Waals surface area contributed by atoms with Crippen molar-refractivity contribution in [1.82, 2.24) is 15.5 Å². The lowest BCUT2D eigenvalue weighted by Crippen LogP contribution is -2.40. The van der Waals surface area contributed by atoms with E-state index in [4.69, 9.17) is 4.99 Å². The molecule has 1 saturated heterocycles. The van der Waals surface area contributed by atoms with Crippen molar-refractivity contribution in [2.24, 2.45) is 4.99 Å². The number of benzene rings is 2. The topological polar surface area (TPSA) is 85.8 Å². The van der Waals surface area contributed by atoms with Crippen LogP contribution in [0, 0.1) is 0 Å². The van der Waals surface area contributed by atoms with Crippen LogP contribution >= 0.6 is 0 Å². The van der Waals surface area contributed by atoms with E-state index in [1.807, 2.05) is 54.3 Å². The maximum absolute atomic E-state index is 12.7. The molecule has 0 saturated carbocycles. The molecule has 3 N–H and O–H groups in total. The molecular weight excluding hydrogens is 414 g/mol. The first kappa shape index (κ1) is 22.8. The summed E-state index contributed by atoms with van der Waals surface area (Å²) in [6.45, 7) is 5.62. The molecule has 1 unspecified atom stereocenters. The quantitative estimate of drug-likeness (QED) is 0.467. The minimum Gasteiger partial charge on any atom is -0.357 e. The van der Waals surface area contributed by atoms with Gasteiger partial charge in [-0.2, -0.15) is 0 Å². The Bertz CT molecular complexity index is 996. The summed E-state index contributed by atoms with van der Waals surface area (Å²) in [6.07, 6.45) is 3.85. The molecule has 2 aromatic carbocycles. The largest absolute Gasteiger partial charge is 0.357 e. The van der Waals surface area contributed by atoms with Crippen LogP contribution in [0.25, 0.3) is 0 Å². The number of likely N-dealkylation sites (tertiary alicyclic amines) is 1. The maximum atomic E-state index is 12.7. The summed E-state index contributed by atoms with van der Waals surface area (Å²) < 4.78 is 0. The minimum atomic E-state index is 0.0432. The number of fused-ring (bicyclic) bond motifs is 1. The van der Waals surface area contributed by atoms with Crippen LogP contribution in [0.2, 0.25) is 0 Å². The molecule has 0 aromatic heterocycles. The van der Waals surface area contributed by atoms with Crippen molar-refractivity contribution in [3.63, 3.8) is 0 Å². The van der Waals surface area contributed by atoms with Crippen LogP contribution in [0.1, 0.15) is 60.0 Å². The average molecular weight is 448 g/mol. The van der Waals surface area contributed by atoms with Crippen LogP contribution in [-0.4, -0.2) is 48.9 Å². The van der Waals surface area contributed by atoms with Crippen LogP contribution in [-0.2, 0) is 11.3 Å². The van der Waals surface area contributed by atoms with Gasteiger partial charge in [0, 0.05) is 49.8 Å². The van der Waals surface area contributed by atoms with Gasteiger partial charge in [0.1, 0.15) is 0 Å². The van der Waals surface area contributed by atoms with E-state index < -0.39 is 0 Å². The lowest BCUT2D eigenvalue weighted by Gasteiger charge is -2.26. The third kappa shape index (κ3) is 5.92. The normalized spacial score (nSPS) is 18.3. The number of para-hydroxylation sites is 1. The Morgan fingerprint density at radius 3 is 2.58 bits per heavy atom. The van der Waals surface area contributed by atoms with Gasteiger partial charge in [-0.1, -0.05) is 30.3 Å². The van der Waals surface area contributed by atoms with E-state index in [1.165, 1.54) is 6.42 Å². The van der Waals surface area contributed by atoms with Crippen molar-refractivity contribution < 1.29 is 9.59 Å². The van der Waals surface area contributed by atoms with Gasteiger partial charge in [0.15, 0.2) is 5.96 Å². The van der Waals surface area contributed by atoms with Gasteiger partial charge >= 0.3 is 0 Å². The minimum absolute atomic E-state index is 0.0432. The molecule has 1 atom stereocenters. The molecule has 0 spiro atoms. The van der Waals surface area contributed by atoms with Crippen molar-refractivity contribution in [3.8, 4) is 0 Å². The fraction of sp³-hybridized carbons (Fsp3) is 0.423. The number of piperidine rings is 1. The number of carbonyl (C=O) groups is 2. The number of aliphatic imine (C=N–C) groups is 1. The first-order valence-electron chi connectivity index (χ1n) is 11.9. The van der Waals surface area contributed by atoms with Crippen LogP contribution in [0.15, 0.2) is 53.5 Å². The molecule has 2 aliphatic rings. The second kappa shape index (κ2) is 11.0. The highest BCUT2D eigenvalue weighted by atomic mass is 16.2. The zero-order valence-electron chi connectivity index (χ0n) is 19.3. The highest BCUT2D eigenvalue weighted by molar-refractivity contribution is 5.95. The highest BCUT2D eigenvalue weighted by Crippen LogP contribution is 2.31. The zero-order chi connectivity index (χ0) is 23.0. The lowest BCUT2D eigenvalue weighted by atomic mass is 9.90. The number of amides is 2. The number of hydrogen-bond donors (Lipinski definition) is 3. The Morgan fingerprint density at radius 2 is 1.82 bits per heavy atom. The summed E-state index contributed by atoms with van der Waals surface area (Å²) in [5, 5.41) is 9.61. The Morgan fingerprint density at radius 1 is 1.06 bits per heavy atom. The van der Waals surface area contributed by atoms with Gasteiger partial charge in [-0.3, -0.25) is 9.59 Å². The van der Waals surface area contributed by atoms with Gasteiger partial charge in [-0.05, 0) is 55.5 Å². The first-order valence-corrected chi connectivity index (χ1v) is 11.9. The fourth-order valence-electron chi connectivity index (χ4n) is 4.45. The second-order valence-corrected chi connectivity index (χ2v) is 8.66. The Kier molecular flexibility index (Phi) is 7.60. The predicted octanol–water partition coefficient (Wildman–Crippen LogP) is 3.49. The number of guanidine groups is 1. The number of nitrogens with zero attached hydrogens (tertiary/aromatic N) is 2. The Labute approximate surface area is 195 Å². The number of rotatable bonds is 6. The summed E-state index contributed by atoms with van der Waals surface area (Å²) in [5.41, 5.74) is 3.82. The fourth-order valence-corrected chi connectivity index (χ4v) is 4.45. The van der Waals surface area contributed by atoms with Gasteiger partial charge in [0.05, 0.1) is 6.54 Å². The molecule has 4 rings (SSSR count). The van der Waals surface area contributed by atoms with Gasteiger partial charge in [0.25, 0.3) is 5.91 Å². The maximum Gasteiger partial charge on any atom is 0.253 e. The number of nitrogens with one attached hydrogen (secondary N) is 3. The number of anilines is 1. The van der Waals surface area contributed by atoms with Crippen LogP contribution in [0.5, 0.6) is 0 Å². The van der Waals surface area contributed by atoms with E-state index in [9.17, 15) is 9.59 Å². The second-order valence-electron chi connectivity index (χ2n) is 8.66. The van der Waals surface area contributed by atoms with Crippen LogP contribution in [0.4, 0.5) is 5.69 Å². The molecule has 0 bridgehead atoms. The standard InChI is InChI=1S/C26H33N5O2/c1-2-27-26(29-18-21-16-24(32)30-23-9-5-4-8-22(21)23)28-17-19-10-12-20(13-11-19)25(33)31-14-6-3-7-15-31/h4-5,8-13,21H,2-3,6-7,14-18H2,1H3,(H,30,32)(H2,27,28,29). The predicted molar refractivity (Wildman–Crippen MR) is 131 cm³/mol. The van der Waals surface area contributed by atoms with Crippen LogP contribution < -0.4 is 16.0 Å². The first-order chi connectivity index (χ1) is 16.1. The van der Waals surface area contributed by atoms with Gasteiger partial charge in [0.2, 0.25) is 5.91 Å². The molecule has 2 aromatic rings. The highest BCUT2D eigenvalue weighted by Gasteiger charge is 2.24. The molecular formula is C26H33N5O2. The zero-order valence-corrected chi connectivity index (χ0v) is 19.3. The van der Waals surface area contributed by atoms with Crippen LogP contribution in [0.3, 0.4) is 0 Å². The Hall–Kier alpha value is -3.35. The Balaban J connectivity index is 1.36. The third-order valence-electron chi connectivity index (χ3n) is 6.23. The van der Waals surface area contributed by atoms with E-state index in [-0.39, 0.29) is 17.7 Å². The average Bonchev–Trinajstić information content (AvgIpc) is 2.86. The number of hydrogen-bond acceptors (Lipinski definition) is 3. The van der Waals surface area contributed by atoms with E-state index in [0.29, 0.717) is 19.5 Å².